The number of nitrogens with one attached hydrogen (secondary N) is 1. The minimum Gasteiger partial charge on any atom is -0.491 e. The molecule has 0 aliphatic carbocycles. The Bertz CT molecular complexity index is 546. The zero-order valence-corrected chi connectivity index (χ0v) is 12.1. The molecule has 3 nitrogen and oxygen atoms in total. The third-order valence-corrected chi connectivity index (χ3v) is 4.56. The molecule has 0 amide bonds. The van der Waals surface area contributed by atoms with Crippen LogP contribution in [0.4, 0.5) is 0 Å². The Kier molecular flexibility index (Phi) is 3.99. The number of rotatable bonds is 4. The first-order valence-electron chi connectivity index (χ1n) is 7.05. The van der Waals surface area contributed by atoms with E-state index in [1.54, 1.807) is 11.3 Å². The highest BCUT2D eigenvalue weighted by Gasteiger charge is 2.13. The fourth-order valence-corrected chi connectivity index (χ4v) is 3.48. The lowest BCUT2D eigenvalue weighted by Crippen LogP contribution is -2.35. The maximum absolute atomic E-state index is 5.94. The summed E-state index contributed by atoms with van der Waals surface area (Å²) < 4.78 is 7.15. The summed E-state index contributed by atoms with van der Waals surface area (Å²) in [7, 11) is 0. The van der Waals surface area contributed by atoms with Crippen LogP contribution in [0.25, 0.3) is 10.2 Å². The molecule has 1 aromatic heterocycles. The second-order valence-corrected chi connectivity index (χ2v) is 6.35. The highest BCUT2D eigenvalue weighted by Crippen LogP contribution is 2.29. The summed E-state index contributed by atoms with van der Waals surface area (Å²) in [5, 5.41) is 4.65. The number of nitrogens with zero attached hydrogens (tertiary/aromatic N) is 1. The van der Waals surface area contributed by atoms with Crippen LogP contribution in [-0.2, 0) is 0 Å². The molecule has 4 heteroatoms. The number of ether oxygens (including phenoxy) is 1. The Morgan fingerprint density at radius 3 is 3.21 bits per heavy atom. The predicted octanol–water partition coefficient (Wildman–Crippen LogP) is 3.52. The molecule has 102 valence electrons. The number of thiazole rings is 1. The van der Waals surface area contributed by atoms with Crippen LogP contribution in [0.1, 0.15) is 30.7 Å². The summed E-state index contributed by atoms with van der Waals surface area (Å²) in [5.41, 5.74) is 1.02. The van der Waals surface area contributed by atoms with Gasteiger partial charge in [-0.05, 0) is 44.9 Å². The van der Waals surface area contributed by atoms with Gasteiger partial charge in [-0.15, -0.1) is 11.3 Å². The second kappa shape index (κ2) is 5.88. The first kappa shape index (κ1) is 12.9. The number of benzene rings is 1. The number of hydrogen-bond donors (Lipinski definition) is 1. The number of piperidine rings is 1. The van der Waals surface area contributed by atoms with E-state index in [0.29, 0.717) is 6.04 Å². The molecular weight excluding hydrogens is 256 g/mol. The molecule has 0 bridgehead atoms. The summed E-state index contributed by atoms with van der Waals surface area (Å²) in [6.45, 7) is 3.97. The lowest BCUT2D eigenvalue weighted by atomic mass is 10.0. The molecular formula is C15H20N2OS. The van der Waals surface area contributed by atoms with E-state index in [9.17, 15) is 0 Å². The molecule has 0 radical (unpaired) electrons. The highest BCUT2D eigenvalue weighted by atomic mass is 32.1. The Balaban J connectivity index is 1.61. The molecule has 1 aliphatic rings. The van der Waals surface area contributed by atoms with Crippen molar-refractivity contribution >= 4 is 21.6 Å². The smallest absolute Gasteiger partial charge is 0.146 e. The number of para-hydroxylation sites is 1. The van der Waals surface area contributed by atoms with Crippen molar-refractivity contribution < 1.29 is 4.74 Å². The first-order chi connectivity index (χ1) is 9.33. The maximum atomic E-state index is 5.94. The van der Waals surface area contributed by atoms with Gasteiger partial charge in [0.25, 0.3) is 0 Å². The van der Waals surface area contributed by atoms with Gasteiger partial charge in [-0.3, -0.25) is 0 Å². The van der Waals surface area contributed by atoms with Gasteiger partial charge in [-0.1, -0.05) is 12.5 Å². The van der Waals surface area contributed by atoms with E-state index in [0.717, 1.165) is 35.8 Å². The summed E-state index contributed by atoms with van der Waals surface area (Å²) in [6.07, 6.45) is 5.02. The van der Waals surface area contributed by atoms with Gasteiger partial charge in [0.1, 0.15) is 11.3 Å². The van der Waals surface area contributed by atoms with E-state index in [1.165, 1.54) is 24.0 Å². The van der Waals surface area contributed by atoms with Crippen molar-refractivity contribution in [2.75, 3.05) is 13.2 Å². The molecule has 2 aromatic rings. The zero-order chi connectivity index (χ0) is 13.1. The van der Waals surface area contributed by atoms with Gasteiger partial charge in [0, 0.05) is 6.04 Å². The van der Waals surface area contributed by atoms with E-state index in [4.69, 9.17) is 4.74 Å². The molecule has 1 unspecified atom stereocenters. The van der Waals surface area contributed by atoms with Crippen molar-refractivity contribution in [1.29, 1.82) is 0 Å². The fourth-order valence-electron chi connectivity index (χ4n) is 2.63. The van der Waals surface area contributed by atoms with Crippen LogP contribution in [0.15, 0.2) is 18.2 Å². The topological polar surface area (TPSA) is 34.1 Å². The summed E-state index contributed by atoms with van der Waals surface area (Å²) in [5.74, 6) is 0.928. The van der Waals surface area contributed by atoms with Crippen molar-refractivity contribution in [2.45, 2.75) is 38.6 Å². The molecule has 2 heterocycles. The molecule has 19 heavy (non-hydrogen) atoms. The summed E-state index contributed by atoms with van der Waals surface area (Å²) in [4.78, 5) is 4.56. The second-order valence-electron chi connectivity index (χ2n) is 5.12. The Hall–Kier alpha value is -1.13. The minimum absolute atomic E-state index is 0.630. The summed E-state index contributed by atoms with van der Waals surface area (Å²) in [6, 6.07) is 6.81. The van der Waals surface area contributed by atoms with Crippen molar-refractivity contribution in [3.63, 3.8) is 0 Å². The normalized spacial score (nSPS) is 19.7. The predicted molar refractivity (Wildman–Crippen MR) is 80.1 cm³/mol. The average Bonchev–Trinajstić information content (AvgIpc) is 2.81. The van der Waals surface area contributed by atoms with Crippen LogP contribution in [0.3, 0.4) is 0 Å². The van der Waals surface area contributed by atoms with Gasteiger partial charge in [-0.2, -0.15) is 0 Å². The number of aryl methyl sites for hydroxylation is 1. The van der Waals surface area contributed by atoms with Crippen molar-refractivity contribution in [1.82, 2.24) is 10.3 Å². The monoisotopic (exact) mass is 276 g/mol. The largest absolute Gasteiger partial charge is 0.491 e. The van der Waals surface area contributed by atoms with Crippen molar-refractivity contribution in [3.8, 4) is 5.75 Å². The van der Waals surface area contributed by atoms with Crippen LogP contribution in [0.5, 0.6) is 5.75 Å². The van der Waals surface area contributed by atoms with Crippen LogP contribution >= 0.6 is 11.3 Å². The highest BCUT2D eigenvalue weighted by molar-refractivity contribution is 7.18. The van der Waals surface area contributed by atoms with Gasteiger partial charge in [0.05, 0.1) is 16.3 Å². The molecule has 1 N–H and O–H groups in total. The van der Waals surface area contributed by atoms with E-state index in [1.807, 2.05) is 19.1 Å². The molecule has 1 fully saturated rings. The maximum Gasteiger partial charge on any atom is 0.146 e. The molecule has 1 saturated heterocycles. The van der Waals surface area contributed by atoms with Gasteiger partial charge in [0.2, 0.25) is 0 Å². The lowest BCUT2D eigenvalue weighted by Gasteiger charge is -2.23. The van der Waals surface area contributed by atoms with Gasteiger partial charge >= 0.3 is 0 Å². The molecule has 0 spiro atoms. The number of hydrogen-bond acceptors (Lipinski definition) is 4. The third kappa shape index (κ3) is 3.07. The molecule has 3 rings (SSSR count). The zero-order valence-electron chi connectivity index (χ0n) is 11.3. The van der Waals surface area contributed by atoms with Crippen LogP contribution in [0.2, 0.25) is 0 Å². The van der Waals surface area contributed by atoms with Crippen LogP contribution in [-0.4, -0.2) is 24.2 Å². The van der Waals surface area contributed by atoms with E-state index < -0.39 is 0 Å². The van der Waals surface area contributed by atoms with E-state index in [-0.39, 0.29) is 0 Å². The Morgan fingerprint density at radius 2 is 2.37 bits per heavy atom. The summed E-state index contributed by atoms with van der Waals surface area (Å²) >= 11 is 1.72. The molecule has 1 aromatic carbocycles. The lowest BCUT2D eigenvalue weighted by molar-refractivity contribution is 0.270. The minimum atomic E-state index is 0.630. The quantitative estimate of drug-likeness (QED) is 0.928. The number of aromatic nitrogens is 1. The SMILES string of the molecule is Cc1nc2c(OCCC3CCCCN3)cccc2s1. The van der Waals surface area contributed by atoms with Crippen LogP contribution < -0.4 is 10.1 Å². The van der Waals surface area contributed by atoms with Gasteiger partial charge in [0.15, 0.2) is 0 Å². The molecule has 1 atom stereocenters. The Morgan fingerprint density at radius 1 is 1.42 bits per heavy atom. The fraction of sp³-hybridized carbons (Fsp3) is 0.533. The van der Waals surface area contributed by atoms with Crippen molar-refractivity contribution in [2.24, 2.45) is 0 Å². The standard InChI is InChI=1S/C15H20N2OS/c1-11-17-15-13(6-4-7-14(15)19-11)18-10-8-12-5-2-3-9-16-12/h4,6-7,12,16H,2-3,5,8-10H2,1H3. The van der Waals surface area contributed by atoms with Gasteiger partial charge < -0.3 is 10.1 Å². The molecule has 0 saturated carbocycles. The third-order valence-electron chi connectivity index (χ3n) is 3.63. The van der Waals surface area contributed by atoms with Gasteiger partial charge in [-0.25, -0.2) is 4.98 Å². The van der Waals surface area contributed by atoms with E-state index in [2.05, 4.69) is 16.4 Å². The van der Waals surface area contributed by atoms with Crippen LogP contribution in [0, 0.1) is 6.92 Å². The van der Waals surface area contributed by atoms with Crippen molar-refractivity contribution in [3.05, 3.63) is 23.2 Å². The number of fused-ring (bicyclic) bond motifs is 1. The Labute approximate surface area is 118 Å². The van der Waals surface area contributed by atoms with E-state index >= 15 is 0 Å². The average molecular weight is 276 g/mol. The molecule has 1 aliphatic heterocycles. The first-order valence-corrected chi connectivity index (χ1v) is 7.87.